The minimum absolute atomic E-state index is 0.0249. The van der Waals surface area contributed by atoms with Crippen LogP contribution in [0.5, 0.6) is 5.75 Å². The number of phenols is 1. The zero-order chi connectivity index (χ0) is 70.6. The Kier molecular flexibility index (Phi) is 38.9. The summed E-state index contributed by atoms with van der Waals surface area (Å²) < 4.78 is 95.2. The number of carboxylic acids is 4. The van der Waals surface area contributed by atoms with E-state index in [0.29, 0.717) is 57.2 Å². The molecule has 1 aromatic rings. The highest BCUT2D eigenvalue weighted by Gasteiger charge is 2.42. The summed E-state index contributed by atoms with van der Waals surface area (Å²) in [7, 11) is 0. The molecule has 91 heavy (non-hydrogen) atoms. The van der Waals surface area contributed by atoms with E-state index in [4.69, 9.17) is 52.6 Å². The lowest BCUT2D eigenvalue weighted by molar-refractivity contribution is -0.193. The van der Waals surface area contributed by atoms with Crippen LogP contribution in [0.3, 0.4) is 0 Å². The van der Waals surface area contributed by atoms with Crippen molar-refractivity contribution in [2.24, 2.45) is 44.8 Å². The van der Waals surface area contributed by atoms with Crippen molar-refractivity contribution in [3.63, 3.8) is 0 Å². The van der Waals surface area contributed by atoms with E-state index < -0.39 is 120 Å². The normalized spacial score (nSPS) is 15.0. The molecule has 30 nitrogen and oxygen atoms in total. The molecule has 0 aliphatic carbocycles. The van der Waals surface area contributed by atoms with Crippen molar-refractivity contribution in [2.75, 3.05) is 32.7 Å². The van der Waals surface area contributed by atoms with E-state index in [9.17, 15) is 88.1 Å². The number of aliphatic imine (C=N–C) groups is 2. The van der Waals surface area contributed by atoms with Crippen LogP contribution in [0.4, 0.5) is 44.3 Å². The van der Waals surface area contributed by atoms with E-state index in [-0.39, 0.29) is 87.7 Å². The molecule has 1 aliphatic rings. The van der Waals surface area contributed by atoms with E-state index in [2.05, 4.69) is 47.2 Å². The summed E-state index contributed by atoms with van der Waals surface area (Å²) in [5.74, 6) is -13.7. The van der Waals surface area contributed by atoms with Crippen molar-refractivity contribution in [3.8, 4) is 5.75 Å². The molecular weight excluding hydrogens is 1250 g/mol. The van der Waals surface area contributed by atoms with Crippen LogP contribution in [0.15, 0.2) is 34.3 Å². The van der Waals surface area contributed by atoms with Gasteiger partial charge in [-0.3, -0.25) is 44.1 Å². The van der Waals surface area contributed by atoms with Gasteiger partial charge in [0.25, 0.3) is 0 Å². The number of carboxylic acid groups (broad SMARTS) is 4. The van der Waals surface area contributed by atoms with Gasteiger partial charge >= 0.3 is 48.4 Å². The van der Waals surface area contributed by atoms with E-state index in [1.165, 1.54) is 17.0 Å². The van der Waals surface area contributed by atoms with Crippen LogP contribution in [0, 0.1) is 11.8 Å². The van der Waals surface area contributed by atoms with Gasteiger partial charge in [-0.2, -0.15) is 39.5 Å². The number of halogens is 9. The predicted octanol–water partition coefficient (Wildman–Crippen LogP) is 1.02. The lowest BCUT2D eigenvalue weighted by Crippen LogP contribution is -2.60. The Bertz CT molecular complexity index is 2540. The number of aromatic hydroxyl groups is 1. The molecule has 0 spiro atoms. The molecule has 7 atom stereocenters. The van der Waals surface area contributed by atoms with Gasteiger partial charge in [-0.15, -0.1) is 0 Å². The molecule has 1 aliphatic heterocycles. The van der Waals surface area contributed by atoms with Gasteiger partial charge in [0.2, 0.25) is 35.4 Å². The van der Waals surface area contributed by atoms with Crippen molar-refractivity contribution in [3.05, 3.63) is 29.8 Å². The molecule has 20 N–H and O–H groups in total. The molecule has 1 saturated heterocycles. The topological polar surface area (TPSA) is 505 Å². The van der Waals surface area contributed by atoms with Gasteiger partial charge in [-0.05, 0) is 87.3 Å². The molecule has 0 radical (unpaired) electrons. The van der Waals surface area contributed by atoms with Gasteiger partial charge in [0.15, 0.2) is 11.9 Å². The second-order valence-electron chi connectivity index (χ2n) is 20.2. The number of unbranched alkanes of at least 4 members (excludes halogenated alkanes) is 1. The molecule has 1 aromatic carbocycles. The summed E-state index contributed by atoms with van der Waals surface area (Å²) in [6.45, 7) is 10.2. The van der Waals surface area contributed by atoms with E-state index in [0.717, 1.165) is 0 Å². The number of carbonyl (C=O) groups is 11. The first-order valence-corrected chi connectivity index (χ1v) is 27.9. The smallest absolute Gasteiger partial charge is 0.490 e. The standard InChI is InChI=1S/C46H78N14O10.3C2HF3O2/c1-6-28(5)37(41(66)57-34(43(68)69)25-27(3)4)58-39(64)33(26-29-16-18-30(61)19-17-29)56-40(65)35-15-12-24-60(35)42(67)32(14-11-22-52-44(48)49)55-38(63)31(47)13-10-23-53-45(50)59-46(70)54-21-9-8-20-51-36(62)7-2;3*3-2(4,5)1(6)7/h16-19,27-28,31-35,37,61H,6-15,20-26,47H2,1-5H3,(H,51,62)(H,55,63)(H,56,65)(H,57,66)(H,58,64)(H,68,69)(H4,48,49,52)(H4,50,53,54,59,70);3*(H,6,7)/t28-,31-,32-,33-,34-,35-,37-;;;/m0.../s1. The van der Waals surface area contributed by atoms with Crippen molar-refractivity contribution in [1.29, 1.82) is 0 Å². The van der Waals surface area contributed by atoms with Crippen LogP contribution in [-0.2, 0) is 54.4 Å². The van der Waals surface area contributed by atoms with Crippen molar-refractivity contribution in [1.82, 2.24) is 42.1 Å². The van der Waals surface area contributed by atoms with Gasteiger partial charge in [-0.1, -0.05) is 53.2 Å². The zero-order valence-corrected chi connectivity index (χ0v) is 50.2. The fourth-order valence-corrected chi connectivity index (χ4v) is 7.44. The van der Waals surface area contributed by atoms with Crippen LogP contribution >= 0.6 is 0 Å². The number of nitrogens with zero attached hydrogens (tertiary/aromatic N) is 3. The SMILES string of the molecule is CCC(=O)NCCCCNC(=O)NC(N)=NCCC[C@H](N)C(=O)N[C@@H](CCCN=C(N)N)C(=O)N1CCC[C@H]1C(=O)N[C@@H](Cc1ccc(O)cc1)C(=O)N[C@H](C(=O)N[C@@H](CC(C)C)C(=O)O)[C@@H](C)CC.O=C(O)C(F)(F)F.O=C(O)C(F)(F)F.O=C(O)C(F)(F)F. The molecule has 39 heteroatoms. The molecule has 0 unspecified atom stereocenters. The average molecular weight is 1330 g/mol. The number of benzene rings is 1. The number of aliphatic carboxylic acids is 4. The maximum atomic E-state index is 14.3. The van der Waals surface area contributed by atoms with Crippen LogP contribution in [0.1, 0.15) is 111 Å². The quantitative estimate of drug-likeness (QED) is 0.0221. The number of nitrogens with one attached hydrogen (secondary N) is 7. The molecular formula is C52H81F9N14O16. The summed E-state index contributed by atoms with van der Waals surface area (Å²) in [6, 6.07) is -1.51. The highest BCUT2D eigenvalue weighted by Crippen LogP contribution is 2.22. The first kappa shape index (κ1) is 84.1. The van der Waals surface area contributed by atoms with E-state index in [1.54, 1.807) is 26.0 Å². The number of alkyl halides is 9. The summed E-state index contributed by atoms with van der Waals surface area (Å²) in [5.41, 5.74) is 23.7. The number of likely N-dealkylation sites (tertiary alicyclic amines) is 1. The number of hydrogen-bond acceptors (Lipinski definition) is 15. The maximum Gasteiger partial charge on any atom is 0.490 e. The van der Waals surface area contributed by atoms with Crippen molar-refractivity contribution < 1.29 is 118 Å². The zero-order valence-electron chi connectivity index (χ0n) is 50.2. The lowest BCUT2D eigenvalue weighted by Gasteiger charge is -2.31. The van der Waals surface area contributed by atoms with Gasteiger partial charge in [-0.25, -0.2) is 24.0 Å². The van der Waals surface area contributed by atoms with E-state index in [1.807, 2.05) is 20.8 Å². The second-order valence-corrected chi connectivity index (χ2v) is 20.2. The van der Waals surface area contributed by atoms with Gasteiger partial charge in [0.1, 0.15) is 36.0 Å². The number of rotatable bonds is 30. The molecule has 2 rings (SSSR count). The number of amides is 8. The molecule has 518 valence electrons. The van der Waals surface area contributed by atoms with Crippen molar-refractivity contribution >= 4 is 77.3 Å². The molecule has 0 saturated carbocycles. The predicted molar refractivity (Wildman–Crippen MR) is 305 cm³/mol. The Balaban J connectivity index is 0. The summed E-state index contributed by atoms with van der Waals surface area (Å²) in [4.78, 5) is 141. The molecule has 0 bridgehead atoms. The monoisotopic (exact) mass is 1330 g/mol. The second kappa shape index (κ2) is 42.1. The first-order chi connectivity index (χ1) is 42.0. The molecule has 1 heterocycles. The first-order valence-electron chi connectivity index (χ1n) is 27.9. The highest BCUT2D eigenvalue weighted by atomic mass is 19.4. The fraction of sp³-hybridized carbons (Fsp3) is 0.635. The summed E-state index contributed by atoms with van der Waals surface area (Å²) in [6.07, 6.45) is -11.6. The third-order valence-corrected chi connectivity index (χ3v) is 12.3. The van der Waals surface area contributed by atoms with Crippen molar-refractivity contribution in [2.45, 2.75) is 166 Å². The fourth-order valence-electron chi connectivity index (χ4n) is 7.44. The number of hydrogen-bond donors (Lipinski definition) is 16. The Morgan fingerprint density at radius 2 is 1.14 bits per heavy atom. The Labute approximate surface area is 515 Å². The maximum absolute atomic E-state index is 14.3. The molecule has 8 amide bonds. The van der Waals surface area contributed by atoms with Gasteiger partial charge < -0.3 is 85.3 Å². The average Bonchev–Trinajstić information content (AvgIpc) is 1.82. The minimum Gasteiger partial charge on any atom is -0.508 e. The van der Waals surface area contributed by atoms with Crippen LogP contribution in [-0.4, -0.2) is 195 Å². The summed E-state index contributed by atoms with van der Waals surface area (Å²) in [5, 5.41) is 59.7. The summed E-state index contributed by atoms with van der Waals surface area (Å²) >= 11 is 0. The molecule has 1 fully saturated rings. The Hall–Kier alpha value is -8.94. The largest absolute Gasteiger partial charge is 0.508 e. The number of urea groups is 1. The van der Waals surface area contributed by atoms with Gasteiger partial charge in [0.05, 0.1) is 6.04 Å². The lowest BCUT2D eigenvalue weighted by atomic mass is 9.96. The Morgan fingerprint density at radius 1 is 0.648 bits per heavy atom. The highest BCUT2D eigenvalue weighted by molar-refractivity contribution is 5.97. The Morgan fingerprint density at radius 3 is 1.62 bits per heavy atom. The van der Waals surface area contributed by atoms with Crippen LogP contribution in [0.25, 0.3) is 0 Å². The third-order valence-electron chi connectivity index (χ3n) is 12.3. The van der Waals surface area contributed by atoms with Gasteiger partial charge in [0, 0.05) is 45.6 Å². The third kappa shape index (κ3) is 37.6. The van der Waals surface area contributed by atoms with Crippen LogP contribution in [0.2, 0.25) is 0 Å². The number of nitrogens with two attached hydrogens (primary N) is 4. The number of guanidine groups is 2. The number of carbonyl (C=O) groups excluding carboxylic acids is 7. The number of phenolic OH excluding ortho intramolecular Hbond substituents is 1. The molecule has 0 aromatic heterocycles. The van der Waals surface area contributed by atoms with E-state index >= 15 is 0 Å². The van der Waals surface area contributed by atoms with Crippen LogP contribution < -0.4 is 60.2 Å². The minimum atomic E-state index is -5.08.